The largest absolute Gasteiger partial charge is 1.00 e. The highest BCUT2D eigenvalue weighted by Crippen LogP contribution is 2.15. The third kappa shape index (κ3) is 1.97. The Morgan fingerprint density at radius 2 is 1.71 bits per heavy atom. The van der Waals surface area contributed by atoms with Crippen molar-refractivity contribution in [3.63, 3.8) is 0 Å². The Kier molecular flexibility index (Phi) is 3.69. The molecule has 1 aromatic carbocycles. The van der Waals surface area contributed by atoms with E-state index >= 15 is 0 Å². The van der Waals surface area contributed by atoms with Crippen molar-refractivity contribution in [2.75, 3.05) is 0 Å². The van der Waals surface area contributed by atoms with E-state index in [1.807, 2.05) is 13.1 Å². The fourth-order valence-electron chi connectivity index (χ4n) is 1.45. The molecule has 14 heavy (non-hydrogen) atoms. The number of benzene rings is 1. The van der Waals surface area contributed by atoms with Crippen LogP contribution in [0.2, 0.25) is 0 Å². The average Bonchev–Trinajstić information content (AvgIpc) is 2.49. The molecule has 1 heterocycles. The van der Waals surface area contributed by atoms with Gasteiger partial charge in [0.1, 0.15) is 5.69 Å². The summed E-state index contributed by atoms with van der Waals surface area (Å²) in [6.07, 6.45) is 2.06. The quantitative estimate of drug-likeness (QED) is 0.449. The van der Waals surface area contributed by atoms with Crippen molar-refractivity contribution in [2.24, 2.45) is 14.1 Å². The van der Waals surface area contributed by atoms with Crippen LogP contribution in [0.3, 0.4) is 0 Å². The molecule has 0 aliphatic carbocycles. The topological polar surface area (TPSA) is 8.81 Å². The second-order valence-electron chi connectivity index (χ2n) is 3.16. The van der Waals surface area contributed by atoms with E-state index in [9.17, 15) is 0 Å². The van der Waals surface area contributed by atoms with Crippen molar-refractivity contribution in [1.29, 1.82) is 0 Å². The first kappa shape index (κ1) is 11.2. The van der Waals surface area contributed by atoms with Gasteiger partial charge >= 0.3 is 0 Å². The lowest BCUT2D eigenvalue weighted by molar-refractivity contribution is -0.750. The maximum Gasteiger partial charge on any atom is 0.196 e. The van der Waals surface area contributed by atoms with Crippen LogP contribution in [0.25, 0.3) is 11.3 Å². The van der Waals surface area contributed by atoms with Crippen molar-refractivity contribution in [3.05, 3.63) is 42.6 Å². The fraction of sp³-hybridized carbons (Fsp3) is 0.182. The first-order chi connectivity index (χ1) is 6.29. The minimum Gasteiger partial charge on any atom is -1.00 e. The Bertz CT molecular complexity index is 406. The van der Waals surface area contributed by atoms with Gasteiger partial charge in [0.15, 0.2) is 13.2 Å². The molecule has 0 unspecified atom stereocenters. The predicted molar refractivity (Wildman–Crippen MR) is 52.0 cm³/mol. The van der Waals surface area contributed by atoms with Gasteiger partial charge in [-0.25, -0.2) is 0 Å². The molecular weight excluding hydrogens is 287 g/mol. The van der Waals surface area contributed by atoms with Gasteiger partial charge in [-0.2, -0.15) is 4.68 Å². The summed E-state index contributed by atoms with van der Waals surface area (Å²) in [7, 11) is 4.09. The summed E-state index contributed by atoms with van der Waals surface area (Å²) in [6, 6.07) is 12.5. The van der Waals surface area contributed by atoms with Crippen LogP contribution in [0.15, 0.2) is 42.6 Å². The van der Waals surface area contributed by atoms with Gasteiger partial charge < -0.3 is 24.0 Å². The third-order valence-corrected chi connectivity index (χ3v) is 2.34. The molecule has 0 N–H and O–H groups in total. The first-order valence-corrected chi connectivity index (χ1v) is 4.36. The number of nitrogens with zero attached hydrogens (tertiary/aromatic N) is 2. The number of hydrogen-bond acceptors (Lipinski definition) is 0. The highest BCUT2D eigenvalue weighted by Gasteiger charge is 2.07. The van der Waals surface area contributed by atoms with E-state index in [0.717, 1.165) is 0 Å². The Morgan fingerprint density at radius 3 is 2.21 bits per heavy atom. The smallest absolute Gasteiger partial charge is 0.196 e. The molecular formula is C11H13IN2. The molecule has 0 amide bonds. The van der Waals surface area contributed by atoms with Gasteiger partial charge in [0.25, 0.3) is 0 Å². The Hall–Kier alpha value is -0.840. The Morgan fingerprint density at radius 1 is 1.07 bits per heavy atom. The number of aromatic nitrogens is 2. The van der Waals surface area contributed by atoms with Crippen LogP contribution in [-0.2, 0) is 14.1 Å². The predicted octanol–water partition coefficient (Wildman–Crippen LogP) is -1.48. The van der Waals surface area contributed by atoms with Gasteiger partial charge in [-0.1, -0.05) is 30.3 Å². The van der Waals surface area contributed by atoms with Gasteiger partial charge in [-0.3, -0.25) is 0 Å². The van der Waals surface area contributed by atoms with Crippen LogP contribution < -0.4 is 28.7 Å². The number of hydrogen-bond donors (Lipinski definition) is 0. The van der Waals surface area contributed by atoms with Crippen molar-refractivity contribution in [3.8, 4) is 11.3 Å². The van der Waals surface area contributed by atoms with Crippen LogP contribution >= 0.6 is 0 Å². The monoisotopic (exact) mass is 300 g/mol. The number of rotatable bonds is 1. The lowest BCUT2D eigenvalue weighted by atomic mass is 10.2. The molecule has 1 aromatic heterocycles. The van der Waals surface area contributed by atoms with Gasteiger partial charge in [0.05, 0.1) is 7.05 Å². The van der Waals surface area contributed by atoms with Crippen molar-refractivity contribution >= 4 is 0 Å². The standard InChI is InChI=1S/C11H13N2.HI/c1-12-9-8-11(13(12)2)10-6-4-3-5-7-10;/h3-9H,1-2H3;1H/q+1;/p-1. The summed E-state index contributed by atoms with van der Waals surface area (Å²) in [4.78, 5) is 0. The third-order valence-electron chi connectivity index (χ3n) is 2.34. The van der Waals surface area contributed by atoms with Crippen molar-refractivity contribution in [2.45, 2.75) is 0 Å². The molecule has 0 radical (unpaired) electrons. The molecule has 0 saturated heterocycles. The summed E-state index contributed by atoms with van der Waals surface area (Å²) >= 11 is 0. The van der Waals surface area contributed by atoms with Crippen LogP contribution in [0, 0.1) is 0 Å². The van der Waals surface area contributed by atoms with E-state index in [-0.39, 0.29) is 24.0 Å². The van der Waals surface area contributed by atoms with Crippen LogP contribution in [0.1, 0.15) is 0 Å². The van der Waals surface area contributed by atoms with E-state index in [2.05, 4.69) is 52.9 Å². The molecule has 0 atom stereocenters. The molecule has 0 bridgehead atoms. The summed E-state index contributed by atoms with van der Waals surface area (Å²) < 4.78 is 4.18. The lowest BCUT2D eigenvalue weighted by Gasteiger charge is -1.98. The van der Waals surface area contributed by atoms with Crippen molar-refractivity contribution < 1.29 is 28.7 Å². The van der Waals surface area contributed by atoms with Crippen LogP contribution in [0.4, 0.5) is 0 Å². The minimum atomic E-state index is 0. The van der Waals surface area contributed by atoms with Crippen LogP contribution in [-0.4, -0.2) is 4.68 Å². The number of halogens is 1. The SMILES string of the molecule is Cn1c(-c2ccccc2)cc[n+]1C.[I-]. The molecule has 2 nitrogen and oxygen atoms in total. The Labute approximate surface area is 101 Å². The minimum absolute atomic E-state index is 0. The molecule has 0 spiro atoms. The van der Waals surface area contributed by atoms with Gasteiger partial charge in [0, 0.05) is 11.6 Å². The average molecular weight is 300 g/mol. The summed E-state index contributed by atoms with van der Waals surface area (Å²) in [5.41, 5.74) is 2.49. The number of aryl methyl sites for hydroxylation is 1. The molecule has 0 fully saturated rings. The molecule has 3 heteroatoms. The first-order valence-electron chi connectivity index (χ1n) is 4.36. The van der Waals surface area contributed by atoms with Gasteiger partial charge in [-0.15, -0.1) is 4.68 Å². The summed E-state index contributed by atoms with van der Waals surface area (Å²) in [6.45, 7) is 0. The molecule has 0 saturated carbocycles. The fourth-order valence-corrected chi connectivity index (χ4v) is 1.45. The molecule has 0 aliphatic heterocycles. The summed E-state index contributed by atoms with van der Waals surface area (Å²) in [5, 5.41) is 0. The summed E-state index contributed by atoms with van der Waals surface area (Å²) in [5.74, 6) is 0. The second kappa shape index (κ2) is 4.59. The van der Waals surface area contributed by atoms with E-state index in [0.29, 0.717) is 0 Å². The lowest BCUT2D eigenvalue weighted by Crippen LogP contribution is -3.00. The zero-order chi connectivity index (χ0) is 9.26. The van der Waals surface area contributed by atoms with Crippen molar-refractivity contribution in [1.82, 2.24) is 4.68 Å². The molecule has 74 valence electrons. The van der Waals surface area contributed by atoms with E-state index in [1.165, 1.54) is 11.3 Å². The van der Waals surface area contributed by atoms with E-state index in [4.69, 9.17) is 0 Å². The zero-order valence-corrected chi connectivity index (χ0v) is 10.5. The maximum atomic E-state index is 2.12. The van der Waals surface area contributed by atoms with E-state index < -0.39 is 0 Å². The maximum absolute atomic E-state index is 2.12. The van der Waals surface area contributed by atoms with Gasteiger partial charge in [-0.05, 0) is 0 Å². The zero-order valence-electron chi connectivity index (χ0n) is 8.31. The van der Waals surface area contributed by atoms with Gasteiger partial charge in [0.2, 0.25) is 0 Å². The molecule has 0 aliphatic rings. The highest BCUT2D eigenvalue weighted by atomic mass is 127. The highest BCUT2D eigenvalue weighted by molar-refractivity contribution is 5.58. The molecule has 2 aromatic rings. The normalized spacial score (nSPS) is 9.57. The molecule has 2 rings (SSSR count). The second-order valence-corrected chi connectivity index (χ2v) is 3.16. The van der Waals surface area contributed by atoms with E-state index in [1.54, 1.807) is 0 Å². The van der Waals surface area contributed by atoms with Crippen LogP contribution in [0.5, 0.6) is 0 Å². The Balaban J connectivity index is 0.000000980.